The van der Waals surface area contributed by atoms with Gasteiger partial charge in [0.05, 0.1) is 6.04 Å². The van der Waals surface area contributed by atoms with Crippen molar-refractivity contribution >= 4 is 17.6 Å². The molecule has 1 aliphatic carbocycles. The SMILES string of the molecule is CSC1CCCCC1NC(C)C(N)=NO. The van der Waals surface area contributed by atoms with Crippen LogP contribution in [0.3, 0.4) is 0 Å². The van der Waals surface area contributed by atoms with Gasteiger partial charge in [-0.2, -0.15) is 11.8 Å². The number of nitrogens with one attached hydrogen (secondary N) is 1. The van der Waals surface area contributed by atoms with Gasteiger partial charge in [0.25, 0.3) is 0 Å². The molecule has 0 heterocycles. The first kappa shape index (κ1) is 12.6. The largest absolute Gasteiger partial charge is 0.409 e. The van der Waals surface area contributed by atoms with Crippen molar-refractivity contribution in [2.75, 3.05) is 6.26 Å². The van der Waals surface area contributed by atoms with E-state index in [1.165, 1.54) is 25.7 Å². The topological polar surface area (TPSA) is 70.6 Å². The van der Waals surface area contributed by atoms with Crippen molar-refractivity contribution in [1.82, 2.24) is 5.32 Å². The summed E-state index contributed by atoms with van der Waals surface area (Å²) in [6, 6.07) is 0.441. The van der Waals surface area contributed by atoms with E-state index in [0.717, 1.165) is 0 Å². The van der Waals surface area contributed by atoms with Crippen molar-refractivity contribution in [3.63, 3.8) is 0 Å². The number of nitrogens with two attached hydrogens (primary N) is 1. The van der Waals surface area contributed by atoms with E-state index >= 15 is 0 Å². The van der Waals surface area contributed by atoms with Gasteiger partial charge in [-0.15, -0.1) is 0 Å². The molecule has 4 N–H and O–H groups in total. The molecule has 0 spiro atoms. The second kappa shape index (κ2) is 6.23. The Morgan fingerprint density at radius 1 is 1.53 bits per heavy atom. The summed E-state index contributed by atoms with van der Waals surface area (Å²) < 4.78 is 0. The van der Waals surface area contributed by atoms with Crippen LogP contribution in [-0.4, -0.2) is 34.6 Å². The summed E-state index contributed by atoms with van der Waals surface area (Å²) in [5.41, 5.74) is 5.55. The molecule has 1 fully saturated rings. The average Bonchev–Trinajstić information content (AvgIpc) is 2.28. The van der Waals surface area contributed by atoms with E-state index in [0.29, 0.717) is 11.3 Å². The molecule has 1 saturated carbocycles. The number of hydrogen-bond donors (Lipinski definition) is 3. The first-order chi connectivity index (χ1) is 7.19. The van der Waals surface area contributed by atoms with Crippen LogP contribution >= 0.6 is 11.8 Å². The van der Waals surface area contributed by atoms with E-state index in [2.05, 4.69) is 16.7 Å². The summed E-state index contributed by atoms with van der Waals surface area (Å²) >= 11 is 1.91. The lowest BCUT2D eigenvalue weighted by Crippen LogP contribution is -2.49. The van der Waals surface area contributed by atoms with Gasteiger partial charge in [0.1, 0.15) is 0 Å². The van der Waals surface area contributed by atoms with Crippen molar-refractivity contribution < 1.29 is 5.21 Å². The predicted molar refractivity (Wildman–Crippen MR) is 65.6 cm³/mol. The van der Waals surface area contributed by atoms with E-state index < -0.39 is 0 Å². The van der Waals surface area contributed by atoms with E-state index in [-0.39, 0.29) is 11.9 Å². The number of rotatable bonds is 4. The molecule has 4 nitrogen and oxygen atoms in total. The van der Waals surface area contributed by atoms with Crippen molar-refractivity contribution in [3.05, 3.63) is 0 Å². The Kier molecular flexibility index (Phi) is 5.25. The molecule has 15 heavy (non-hydrogen) atoms. The number of oxime groups is 1. The molecule has 0 aromatic carbocycles. The Balaban J connectivity index is 2.47. The molecular weight excluding hydrogens is 210 g/mol. The van der Waals surface area contributed by atoms with E-state index in [1.54, 1.807) is 0 Å². The fourth-order valence-electron chi connectivity index (χ4n) is 2.06. The Bertz CT molecular complexity index is 223. The quantitative estimate of drug-likeness (QED) is 0.296. The molecule has 0 aromatic rings. The van der Waals surface area contributed by atoms with Crippen molar-refractivity contribution in [1.29, 1.82) is 0 Å². The van der Waals surface area contributed by atoms with Gasteiger partial charge in [-0.05, 0) is 26.0 Å². The standard InChI is InChI=1S/C10H21N3OS/c1-7(10(11)13-14)12-8-5-3-4-6-9(8)15-2/h7-9,12,14H,3-6H2,1-2H3,(H2,11,13). The molecule has 0 amide bonds. The Morgan fingerprint density at radius 3 is 2.80 bits per heavy atom. The molecule has 0 radical (unpaired) electrons. The monoisotopic (exact) mass is 231 g/mol. The number of nitrogens with zero attached hydrogens (tertiary/aromatic N) is 1. The van der Waals surface area contributed by atoms with Gasteiger partial charge in [-0.1, -0.05) is 18.0 Å². The van der Waals surface area contributed by atoms with Gasteiger partial charge in [0, 0.05) is 11.3 Å². The van der Waals surface area contributed by atoms with Gasteiger partial charge in [-0.25, -0.2) is 0 Å². The number of amidine groups is 1. The molecule has 1 rings (SSSR count). The molecular formula is C10H21N3OS. The van der Waals surface area contributed by atoms with Gasteiger partial charge in [0.2, 0.25) is 0 Å². The highest BCUT2D eigenvalue weighted by molar-refractivity contribution is 7.99. The predicted octanol–water partition coefficient (Wildman–Crippen LogP) is 1.39. The highest BCUT2D eigenvalue weighted by Gasteiger charge is 2.26. The van der Waals surface area contributed by atoms with E-state index in [1.807, 2.05) is 18.7 Å². The van der Waals surface area contributed by atoms with Crippen LogP contribution in [-0.2, 0) is 0 Å². The van der Waals surface area contributed by atoms with Crippen molar-refractivity contribution in [2.24, 2.45) is 10.9 Å². The molecule has 0 aliphatic heterocycles. The minimum Gasteiger partial charge on any atom is -0.409 e. The smallest absolute Gasteiger partial charge is 0.156 e. The third-order valence-corrected chi connectivity index (χ3v) is 4.20. The number of hydrogen-bond acceptors (Lipinski definition) is 4. The van der Waals surface area contributed by atoms with Crippen LogP contribution in [0.5, 0.6) is 0 Å². The summed E-state index contributed by atoms with van der Waals surface area (Å²) in [7, 11) is 0. The van der Waals surface area contributed by atoms with Crippen LogP contribution in [0.25, 0.3) is 0 Å². The van der Waals surface area contributed by atoms with Crippen LogP contribution in [0.15, 0.2) is 5.16 Å². The average molecular weight is 231 g/mol. The first-order valence-corrected chi connectivity index (χ1v) is 6.74. The van der Waals surface area contributed by atoms with Crippen LogP contribution < -0.4 is 11.1 Å². The zero-order chi connectivity index (χ0) is 11.3. The summed E-state index contributed by atoms with van der Waals surface area (Å²) in [5, 5.41) is 15.7. The highest BCUT2D eigenvalue weighted by atomic mass is 32.2. The minimum atomic E-state index is -0.0484. The van der Waals surface area contributed by atoms with Gasteiger partial charge < -0.3 is 16.3 Å². The number of thioether (sulfide) groups is 1. The van der Waals surface area contributed by atoms with E-state index in [4.69, 9.17) is 10.9 Å². The molecule has 3 atom stereocenters. The maximum Gasteiger partial charge on any atom is 0.156 e. The van der Waals surface area contributed by atoms with Crippen LogP contribution in [0.1, 0.15) is 32.6 Å². The molecule has 1 aliphatic rings. The van der Waals surface area contributed by atoms with Crippen LogP contribution in [0.4, 0.5) is 0 Å². The molecule has 3 unspecified atom stereocenters. The van der Waals surface area contributed by atoms with Crippen molar-refractivity contribution in [3.8, 4) is 0 Å². The lowest BCUT2D eigenvalue weighted by atomic mass is 9.94. The maximum absolute atomic E-state index is 8.58. The zero-order valence-electron chi connectivity index (χ0n) is 9.44. The molecule has 5 heteroatoms. The fourth-order valence-corrected chi connectivity index (χ4v) is 3.01. The maximum atomic E-state index is 8.58. The summed E-state index contributed by atoms with van der Waals surface area (Å²) in [5.74, 6) is 0.264. The lowest BCUT2D eigenvalue weighted by molar-refractivity contribution is 0.311. The van der Waals surface area contributed by atoms with E-state index in [9.17, 15) is 0 Å². The third kappa shape index (κ3) is 3.57. The van der Waals surface area contributed by atoms with Crippen LogP contribution in [0, 0.1) is 0 Å². The molecule has 0 saturated heterocycles. The molecule has 88 valence electrons. The van der Waals surface area contributed by atoms with Crippen LogP contribution in [0.2, 0.25) is 0 Å². The second-order valence-corrected chi connectivity index (χ2v) is 5.16. The van der Waals surface area contributed by atoms with Gasteiger partial charge in [-0.3, -0.25) is 0 Å². The highest BCUT2D eigenvalue weighted by Crippen LogP contribution is 2.27. The summed E-state index contributed by atoms with van der Waals surface area (Å²) in [6.45, 7) is 1.93. The lowest BCUT2D eigenvalue weighted by Gasteiger charge is -2.33. The minimum absolute atomic E-state index is 0.0484. The fraction of sp³-hybridized carbons (Fsp3) is 0.900. The van der Waals surface area contributed by atoms with Crippen molar-refractivity contribution in [2.45, 2.75) is 49.9 Å². The van der Waals surface area contributed by atoms with Gasteiger partial charge in [0.15, 0.2) is 5.84 Å². The zero-order valence-corrected chi connectivity index (χ0v) is 10.3. The normalized spacial score (nSPS) is 30.1. The Hall–Kier alpha value is -0.420. The second-order valence-electron chi connectivity index (χ2n) is 4.08. The Morgan fingerprint density at radius 2 is 2.20 bits per heavy atom. The molecule has 0 bridgehead atoms. The summed E-state index contributed by atoms with van der Waals surface area (Å²) in [4.78, 5) is 0. The third-order valence-electron chi connectivity index (χ3n) is 3.03. The van der Waals surface area contributed by atoms with Gasteiger partial charge >= 0.3 is 0 Å². The molecule has 0 aromatic heterocycles. The Labute approximate surface area is 95.7 Å². The summed E-state index contributed by atoms with van der Waals surface area (Å²) in [6.07, 6.45) is 7.20. The first-order valence-electron chi connectivity index (χ1n) is 5.45.